The van der Waals surface area contributed by atoms with E-state index in [1.807, 2.05) is 12.3 Å². The summed E-state index contributed by atoms with van der Waals surface area (Å²) in [6.07, 6.45) is 3.33. The molecule has 0 aliphatic carbocycles. The smallest absolute Gasteiger partial charge is 0.259 e. The van der Waals surface area contributed by atoms with Gasteiger partial charge in [0.1, 0.15) is 0 Å². The van der Waals surface area contributed by atoms with E-state index in [1.165, 1.54) is 28.0 Å². The van der Waals surface area contributed by atoms with Gasteiger partial charge in [-0.3, -0.25) is 14.1 Å². The molecule has 25 heavy (non-hydrogen) atoms. The van der Waals surface area contributed by atoms with Gasteiger partial charge in [0.25, 0.3) is 5.56 Å². The molecule has 1 aromatic carbocycles. The fourth-order valence-electron chi connectivity index (χ4n) is 3.30. The van der Waals surface area contributed by atoms with Gasteiger partial charge >= 0.3 is 0 Å². The van der Waals surface area contributed by atoms with Crippen LogP contribution < -0.4 is 5.56 Å². The third kappa shape index (κ3) is 3.30. The van der Waals surface area contributed by atoms with Crippen molar-refractivity contribution in [3.8, 4) is 0 Å². The van der Waals surface area contributed by atoms with Crippen molar-refractivity contribution >= 4 is 21.9 Å². The molecular formula is C20H21N3OS. The second-order valence-electron chi connectivity index (χ2n) is 6.66. The van der Waals surface area contributed by atoms with Crippen LogP contribution in [0.15, 0.2) is 46.6 Å². The molecule has 128 valence electrons. The zero-order valence-corrected chi connectivity index (χ0v) is 15.3. The van der Waals surface area contributed by atoms with E-state index in [1.54, 1.807) is 10.5 Å². The molecule has 1 aliphatic heterocycles. The maximum Gasteiger partial charge on any atom is 0.259 e. The van der Waals surface area contributed by atoms with Crippen molar-refractivity contribution in [3.63, 3.8) is 0 Å². The average molecular weight is 351 g/mol. The maximum absolute atomic E-state index is 12.3. The second kappa shape index (κ2) is 6.58. The van der Waals surface area contributed by atoms with Gasteiger partial charge in [-0.15, -0.1) is 11.3 Å². The van der Waals surface area contributed by atoms with Crippen LogP contribution in [-0.2, 0) is 6.54 Å². The van der Waals surface area contributed by atoms with E-state index in [0.29, 0.717) is 0 Å². The number of hydrogen-bond acceptors (Lipinski definition) is 4. The van der Waals surface area contributed by atoms with Gasteiger partial charge in [-0.2, -0.15) is 0 Å². The number of hydrogen-bond donors (Lipinski definition) is 0. The van der Waals surface area contributed by atoms with Crippen molar-refractivity contribution in [1.82, 2.24) is 14.3 Å². The number of fused-ring (bicyclic) bond motifs is 1. The van der Waals surface area contributed by atoms with Gasteiger partial charge in [0.05, 0.1) is 5.69 Å². The quantitative estimate of drug-likeness (QED) is 0.723. The lowest BCUT2D eigenvalue weighted by Crippen LogP contribution is -2.29. The first kappa shape index (κ1) is 16.2. The van der Waals surface area contributed by atoms with Crippen LogP contribution in [0.3, 0.4) is 0 Å². The molecule has 0 spiro atoms. The molecule has 2 aromatic heterocycles. The van der Waals surface area contributed by atoms with Gasteiger partial charge in [0.15, 0.2) is 4.96 Å². The Labute approximate surface area is 151 Å². The Morgan fingerprint density at radius 3 is 2.72 bits per heavy atom. The van der Waals surface area contributed by atoms with Crippen LogP contribution >= 0.6 is 11.3 Å². The van der Waals surface area contributed by atoms with Gasteiger partial charge < -0.3 is 0 Å². The molecule has 0 radical (unpaired) electrons. The van der Waals surface area contributed by atoms with Crippen molar-refractivity contribution in [1.29, 1.82) is 0 Å². The molecule has 3 aromatic rings. The molecule has 0 saturated heterocycles. The highest BCUT2D eigenvalue weighted by molar-refractivity contribution is 7.15. The minimum absolute atomic E-state index is 0.0200. The number of benzene rings is 1. The largest absolute Gasteiger partial charge is 0.294 e. The summed E-state index contributed by atoms with van der Waals surface area (Å²) in [6, 6.07) is 10.4. The van der Waals surface area contributed by atoms with Gasteiger partial charge in [0.2, 0.25) is 0 Å². The highest BCUT2D eigenvalue weighted by Gasteiger charge is 2.15. The Morgan fingerprint density at radius 1 is 1.20 bits per heavy atom. The monoisotopic (exact) mass is 351 g/mol. The first-order valence-electron chi connectivity index (χ1n) is 8.55. The third-order valence-corrected chi connectivity index (χ3v) is 5.67. The lowest BCUT2D eigenvalue weighted by Gasteiger charge is -2.26. The summed E-state index contributed by atoms with van der Waals surface area (Å²) in [5, 5.41) is 1.98. The van der Waals surface area contributed by atoms with Crippen molar-refractivity contribution < 1.29 is 0 Å². The predicted octanol–water partition coefficient (Wildman–Crippen LogP) is 3.66. The summed E-state index contributed by atoms with van der Waals surface area (Å²) in [6.45, 7) is 6.66. The maximum atomic E-state index is 12.3. The molecular weight excluding hydrogens is 330 g/mol. The normalized spacial score (nSPS) is 15.5. The lowest BCUT2D eigenvalue weighted by atomic mass is 9.98. The summed E-state index contributed by atoms with van der Waals surface area (Å²) in [4.78, 5) is 20.1. The van der Waals surface area contributed by atoms with Crippen LogP contribution in [0.1, 0.15) is 28.9 Å². The van der Waals surface area contributed by atoms with E-state index in [9.17, 15) is 4.79 Å². The highest BCUT2D eigenvalue weighted by Crippen LogP contribution is 2.23. The van der Waals surface area contributed by atoms with E-state index in [4.69, 9.17) is 0 Å². The van der Waals surface area contributed by atoms with Crippen molar-refractivity contribution in [2.75, 3.05) is 13.1 Å². The highest BCUT2D eigenvalue weighted by atomic mass is 32.1. The van der Waals surface area contributed by atoms with Crippen LogP contribution in [0.25, 0.3) is 10.5 Å². The molecule has 5 heteroatoms. The number of thiazole rings is 1. The topological polar surface area (TPSA) is 37.6 Å². The Morgan fingerprint density at radius 2 is 2.00 bits per heavy atom. The minimum Gasteiger partial charge on any atom is -0.294 e. The van der Waals surface area contributed by atoms with Crippen LogP contribution in [0, 0.1) is 13.8 Å². The van der Waals surface area contributed by atoms with Gasteiger partial charge in [-0.25, -0.2) is 4.98 Å². The number of aryl methyl sites for hydroxylation is 2. The van der Waals surface area contributed by atoms with E-state index in [-0.39, 0.29) is 5.56 Å². The van der Waals surface area contributed by atoms with E-state index in [0.717, 1.165) is 42.4 Å². The number of aromatic nitrogens is 2. The minimum atomic E-state index is 0.0200. The summed E-state index contributed by atoms with van der Waals surface area (Å²) in [5.41, 5.74) is 5.85. The van der Waals surface area contributed by atoms with E-state index >= 15 is 0 Å². The molecule has 0 bridgehead atoms. The Bertz CT molecular complexity index is 998. The van der Waals surface area contributed by atoms with Crippen molar-refractivity contribution in [3.05, 3.63) is 74.7 Å². The van der Waals surface area contributed by atoms with Gasteiger partial charge in [0, 0.05) is 36.8 Å². The molecule has 3 heterocycles. The predicted molar refractivity (Wildman–Crippen MR) is 103 cm³/mol. The van der Waals surface area contributed by atoms with Crippen molar-refractivity contribution in [2.45, 2.75) is 26.8 Å². The summed E-state index contributed by atoms with van der Waals surface area (Å²) in [5.74, 6) is 0. The third-order valence-electron chi connectivity index (χ3n) is 4.73. The molecule has 0 fully saturated rings. The van der Waals surface area contributed by atoms with Crippen LogP contribution in [-0.4, -0.2) is 27.4 Å². The van der Waals surface area contributed by atoms with Crippen LogP contribution in [0.5, 0.6) is 0 Å². The molecule has 4 nitrogen and oxygen atoms in total. The Balaban J connectivity index is 1.50. The van der Waals surface area contributed by atoms with Crippen LogP contribution in [0.4, 0.5) is 0 Å². The molecule has 0 amide bonds. The van der Waals surface area contributed by atoms with Crippen molar-refractivity contribution in [2.24, 2.45) is 0 Å². The fraction of sp³-hybridized carbons (Fsp3) is 0.300. The second-order valence-corrected chi connectivity index (χ2v) is 7.50. The summed E-state index contributed by atoms with van der Waals surface area (Å²) in [7, 11) is 0. The van der Waals surface area contributed by atoms with Gasteiger partial charge in [-0.1, -0.05) is 35.9 Å². The van der Waals surface area contributed by atoms with E-state index in [2.05, 4.69) is 47.1 Å². The molecule has 4 rings (SSSR count). The lowest BCUT2D eigenvalue weighted by molar-refractivity contribution is 0.290. The van der Waals surface area contributed by atoms with E-state index < -0.39 is 0 Å². The molecule has 0 atom stereocenters. The van der Waals surface area contributed by atoms with Gasteiger partial charge in [-0.05, 0) is 31.4 Å². The standard InChI is InChI=1S/C20H21N3OS/c1-14-3-5-16(6-4-14)17-7-9-22(10-8-17)12-18-11-19(24)23-15(2)13-25-20(23)21-18/h3-7,11,13H,8-10,12H2,1-2H3. The SMILES string of the molecule is Cc1ccc(C2=CCN(Cc3cc(=O)n4c(C)csc4n3)CC2)cc1. The summed E-state index contributed by atoms with van der Waals surface area (Å²) < 4.78 is 1.68. The summed E-state index contributed by atoms with van der Waals surface area (Å²) >= 11 is 1.52. The number of nitrogens with zero attached hydrogens (tertiary/aromatic N) is 3. The number of rotatable bonds is 3. The zero-order chi connectivity index (χ0) is 17.4. The Kier molecular flexibility index (Phi) is 4.27. The first-order valence-corrected chi connectivity index (χ1v) is 9.43. The molecule has 0 saturated carbocycles. The fourth-order valence-corrected chi connectivity index (χ4v) is 4.19. The molecule has 1 aliphatic rings. The average Bonchev–Trinajstić information content (AvgIpc) is 2.98. The first-order chi connectivity index (χ1) is 12.1. The molecule has 0 unspecified atom stereocenters. The zero-order valence-electron chi connectivity index (χ0n) is 14.5. The Hall–Kier alpha value is -2.24. The van der Waals surface area contributed by atoms with Crippen LogP contribution in [0.2, 0.25) is 0 Å². The molecule has 0 N–H and O–H groups in total.